The lowest BCUT2D eigenvalue weighted by atomic mass is 9.99. The number of nitrogens with zero attached hydrogens (tertiary/aromatic N) is 3. The van der Waals surface area contributed by atoms with Crippen LogP contribution >= 0.6 is 11.3 Å². The van der Waals surface area contributed by atoms with Crippen molar-refractivity contribution in [1.82, 2.24) is 15.3 Å². The van der Waals surface area contributed by atoms with Gasteiger partial charge in [-0.15, -0.1) is 11.3 Å². The summed E-state index contributed by atoms with van der Waals surface area (Å²) in [5, 5.41) is 3.96. The average molecular weight is 385 g/mol. The summed E-state index contributed by atoms with van der Waals surface area (Å²) in [6, 6.07) is 3.67. The molecule has 27 heavy (non-hydrogen) atoms. The first-order valence-corrected chi connectivity index (χ1v) is 10.2. The van der Waals surface area contributed by atoms with Crippen molar-refractivity contribution in [3.05, 3.63) is 40.4 Å². The van der Waals surface area contributed by atoms with Crippen molar-refractivity contribution < 1.29 is 9.21 Å². The van der Waals surface area contributed by atoms with Crippen molar-refractivity contribution in [1.29, 1.82) is 0 Å². The Morgan fingerprint density at radius 1 is 1.33 bits per heavy atom. The molecule has 4 rings (SSSR count). The molecule has 1 saturated heterocycles. The van der Waals surface area contributed by atoms with E-state index in [0.29, 0.717) is 11.4 Å². The Hall–Kier alpha value is -2.41. The van der Waals surface area contributed by atoms with E-state index in [9.17, 15) is 4.79 Å². The maximum Gasteiger partial charge on any atom is 0.262 e. The number of carbonyl (C=O) groups excluding carboxylic acids is 1. The van der Waals surface area contributed by atoms with Crippen LogP contribution in [0.5, 0.6) is 0 Å². The molecule has 142 valence electrons. The first-order chi connectivity index (χ1) is 13.0. The number of thiophene rings is 1. The standard InChI is InChI=1S/C20H24N4O2S/c1-12-6-8-24(9-7-12)18-16-13(2)17(27-20(16)23-14(3)22-18)19(25)21-11-15-5-4-10-26-15/h4-5,10,12H,6-9,11H2,1-3H3,(H,21,25). The second kappa shape index (κ2) is 7.31. The van der Waals surface area contributed by atoms with Gasteiger partial charge in [-0.25, -0.2) is 9.97 Å². The number of aromatic nitrogens is 2. The molecule has 1 aliphatic rings. The van der Waals surface area contributed by atoms with E-state index < -0.39 is 0 Å². The van der Waals surface area contributed by atoms with Crippen molar-refractivity contribution in [2.45, 2.75) is 40.2 Å². The summed E-state index contributed by atoms with van der Waals surface area (Å²) < 4.78 is 5.29. The molecule has 1 N–H and O–H groups in total. The van der Waals surface area contributed by atoms with Gasteiger partial charge >= 0.3 is 0 Å². The average Bonchev–Trinajstić information content (AvgIpc) is 3.28. The Labute approximate surface area is 162 Å². The molecule has 3 aromatic rings. The number of anilines is 1. The van der Waals surface area contributed by atoms with Crippen LogP contribution in [-0.4, -0.2) is 29.0 Å². The van der Waals surface area contributed by atoms with Crippen LogP contribution in [-0.2, 0) is 6.54 Å². The van der Waals surface area contributed by atoms with Gasteiger partial charge in [-0.1, -0.05) is 6.92 Å². The van der Waals surface area contributed by atoms with Crippen LogP contribution in [0.1, 0.15) is 46.6 Å². The van der Waals surface area contributed by atoms with Crippen LogP contribution in [0.2, 0.25) is 0 Å². The molecule has 0 aliphatic carbocycles. The minimum Gasteiger partial charge on any atom is -0.467 e. The zero-order valence-corrected chi connectivity index (χ0v) is 16.7. The Morgan fingerprint density at radius 2 is 2.11 bits per heavy atom. The van der Waals surface area contributed by atoms with Gasteiger partial charge in [0.1, 0.15) is 22.2 Å². The maximum atomic E-state index is 12.7. The molecule has 0 atom stereocenters. The molecule has 0 radical (unpaired) electrons. The van der Waals surface area contributed by atoms with Gasteiger partial charge in [0, 0.05) is 13.1 Å². The molecule has 0 unspecified atom stereocenters. The summed E-state index contributed by atoms with van der Waals surface area (Å²) in [6.45, 7) is 8.59. The fourth-order valence-corrected chi connectivity index (χ4v) is 4.69. The van der Waals surface area contributed by atoms with Gasteiger partial charge in [-0.05, 0) is 50.3 Å². The first kappa shape index (κ1) is 18.0. The van der Waals surface area contributed by atoms with Gasteiger partial charge in [-0.2, -0.15) is 0 Å². The lowest BCUT2D eigenvalue weighted by Gasteiger charge is -2.31. The lowest BCUT2D eigenvalue weighted by molar-refractivity contribution is 0.0951. The predicted octanol–water partition coefficient (Wildman–Crippen LogP) is 4.07. The van der Waals surface area contributed by atoms with Gasteiger partial charge in [-0.3, -0.25) is 4.79 Å². The number of furan rings is 1. The zero-order valence-electron chi connectivity index (χ0n) is 15.9. The second-order valence-corrected chi connectivity index (χ2v) is 8.26. The number of amides is 1. The maximum absolute atomic E-state index is 12.7. The lowest BCUT2D eigenvalue weighted by Crippen LogP contribution is -2.33. The largest absolute Gasteiger partial charge is 0.467 e. The molecule has 7 heteroatoms. The fraction of sp³-hybridized carbons (Fsp3) is 0.450. The van der Waals surface area contributed by atoms with Crippen molar-refractivity contribution in [2.24, 2.45) is 5.92 Å². The van der Waals surface area contributed by atoms with Crippen LogP contribution in [0, 0.1) is 19.8 Å². The van der Waals surface area contributed by atoms with Gasteiger partial charge in [0.25, 0.3) is 5.91 Å². The van der Waals surface area contributed by atoms with E-state index >= 15 is 0 Å². The van der Waals surface area contributed by atoms with Gasteiger partial charge in [0.15, 0.2) is 0 Å². The molecular weight excluding hydrogens is 360 g/mol. The van der Waals surface area contributed by atoms with Crippen LogP contribution in [0.25, 0.3) is 10.2 Å². The summed E-state index contributed by atoms with van der Waals surface area (Å²) in [5.41, 5.74) is 0.959. The van der Waals surface area contributed by atoms with Crippen LogP contribution < -0.4 is 10.2 Å². The van der Waals surface area contributed by atoms with E-state index in [2.05, 4.69) is 22.1 Å². The summed E-state index contributed by atoms with van der Waals surface area (Å²) in [5.74, 6) is 3.12. The smallest absolute Gasteiger partial charge is 0.262 e. The normalized spacial score (nSPS) is 15.4. The van der Waals surface area contributed by atoms with Crippen molar-refractivity contribution in [2.75, 3.05) is 18.0 Å². The quantitative estimate of drug-likeness (QED) is 0.734. The number of aryl methyl sites for hydroxylation is 2. The SMILES string of the molecule is Cc1nc(N2CCC(C)CC2)c2c(C)c(C(=O)NCc3ccco3)sc2n1. The Kier molecular flexibility index (Phi) is 4.86. The second-order valence-electron chi connectivity index (χ2n) is 7.26. The minimum absolute atomic E-state index is 0.0947. The molecule has 6 nitrogen and oxygen atoms in total. The summed E-state index contributed by atoms with van der Waals surface area (Å²) >= 11 is 1.44. The van der Waals surface area contributed by atoms with E-state index in [1.807, 2.05) is 26.0 Å². The highest BCUT2D eigenvalue weighted by Crippen LogP contribution is 2.36. The van der Waals surface area contributed by atoms with E-state index in [1.54, 1.807) is 6.26 Å². The molecule has 0 saturated carbocycles. The summed E-state index contributed by atoms with van der Waals surface area (Å²) in [6.07, 6.45) is 3.95. The third kappa shape index (κ3) is 3.56. The molecular formula is C20H24N4O2S. The molecule has 3 aromatic heterocycles. The minimum atomic E-state index is -0.0947. The number of rotatable bonds is 4. The Bertz CT molecular complexity index is 956. The first-order valence-electron chi connectivity index (χ1n) is 9.36. The number of fused-ring (bicyclic) bond motifs is 1. The third-order valence-electron chi connectivity index (χ3n) is 5.18. The molecule has 0 bridgehead atoms. The van der Waals surface area contributed by atoms with E-state index in [4.69, 9.17) is 9.40 Å². The molecule has 0 aromatic carbocycles. The zero-order chi connectivity index (χ0) is 19.0. The molecule has 1 fully saturated rings. The highest BCUT2D eigenvalue weighted by atomic mass is 32.1. The summed E-state index contributed by atoms with van der Waals surface area (Å²) in [4.78, 5) is 26.0. The monoisotopic (exact) mass is 384 g/mol. The highest BCUT2D eigenvalue weighted by molar-refractivity contribution is 7.20. The fourth-order valence-electron chi connectivity index (χ4n) is 3.55. The van der Waals surface area contributed by atoms with Gasteiger partial charge in [0.05, 0.1) is 23.1 Å². The molecule has 4 heterocycles. The van der Waals surface area contributed by atoms with Gasteiger partial charge in [0.2, 0.25) is 0 Å². The van der Waals surface area contributed by atoms with E-state index in [-0.39, 0.29) is 5.91 Å². The predicted molar refractivity (Wildman–Crippen MR) is 107 cm³/mol. The number of hydrogen-bond donors (Lipinski definition) is 1. The Balaban J connectivity index is 1.66. The van der Waals surface area contributed by atoms with E-state index in [0.717, 1.165) is 52.2 Å². The molecule has 1 amide bonds. The highest BCUT2D eigenvalue weighted by Gasteiger charge is 2.24. The van der Waals surface area contributed by atoms with Crippen molar-refractivity contribution >= 4 is 33.3 Å². The number of nitrogens with one attached hydrogen (secondary N) is 1. The van der Waals surface area contributed by atoms with Crippen LogP contribution in [0.4, 0.5) is 5.82 Å². The number of piperidine rings is 1. The molecule has 1 aliphatic heterocycles. The number of hydrogen-bond acceptors (Lipinski definition) is 6. The molecule has 0 spiro atoms. The van der Waals surface area contributed by atoms with Crippen LogP contribution in [0.15, 0.2) is 22.8 Å². The van der Waals surface area contributed by atoms with Crippen molar-refractivity contribution in [3.8, 4) is 0 Å². The third-order valence-corrected chi connectivity index (χ3v) is 6.36. The van der Waals surface area contributed by atoms with E-state index in [1.165, 1.54) is 24.2 Å². The van der Waals surface area contributed by atoms with Crippen LogP contribution in [0.3, 0.4) is 0 Å². The Morgan fingerprint density at radius 3 is 2.81 bits per heavy atom. The van der Waals surface area contributed by atoms with Gasteiger partial charge < -0.3 is 14.6 Å². The summed E-state index contributed by atoms with van der Waals surface area (Å²) in [7, 11) is 0. The topological polar surface area (TPSA) is 71.3 Å². The van der Waals surface area contributed by atoms with Crippen molar-refractivity contribution in [3.63, 3.8) is 0 Å². The number of carbonyl (C=O) groups is 1.